The van der Waals surface area contributed by atoms with Crippen LogP contribution in [-0.4, -0.2) is 52.1 Å². The number of fused-ring (bicyclic) bond motifs is 1. The van der Waals surface area contributed by atoms with E-state index in [-0.39, 0.29) is 61.0 Å². The maximum atomic E-state index is 13.4. The van der Waals surface area contributed by atoms with Crippen molar-refractivity contribution in [3.05, 3.63) is 46.0 Å². The number of carbonyl (C=O) groups is 4. The van der Waals surface area contributed by atoms with Crippen molar-refractivity contribution in [1.29, 1.82) is 0 Å². The molecule has 1 heterocycles. The number of carbonyl (C=O) groups excluding carboxylic acids is 4. The highest BCUT2D eigenvalue weighted by molar-refractivity contribution is 6.36. The second-order valence-electron chi connectivity index (χ2n) is 9.62. The molecule has 1 aromatic rings. The molecule has 4 rings (SSSR count). The molecule has 1 saturated heterocycles. The summed E-state index contributed by atoms with van der Waals surface area (Å²) < 4.78 is 0. The Labute approximate surface area is 215 Å². The van der Waals surface area contributed by atoms with Crippen molar-refractivity contribution >= 4 is 46.8 Å². The molecule has 2 aliphatic carbocycles. The molecule has 9 heteroatoms. The summed E-state index contributed by atoms with van der Waals surface area (Å²) in [5.41, 5.74) is 0.551. The molecule has 0 spiro atoms. The standard InChI is InChI=1S/C26H31Cl2N3O4/c1-16(24(33)29-17-7-2-3-8-17)31(15-20-21(27)11-6-12-22(20)28)23(32)13-14-30-25(34)18-9-4-5-10-19(18)26(30)35/h4-6,11-12,16-19H,2-3,7-10,13-15H2,1H3,(H,29,33)/t16-,18-,19+/m0/s1. The largest absolute Gasteiger partial charge is 0.352 e. The topological polar surface area (TPSA) is 86.8 Å². The van der Waals surface area contributed by atoms with E-state index in [0.717, 1.165) is 25.7 Å². The summed E-state index contributed by atoms with van der Waals surface area (Å²) in [5, 5.41) is 3.86. The third kappa shape index (κ3) is 5.56. The van der Waals surface area contributed by atoms with E-state index >= 15 is 0 Å². The van der Waals surface area contributed by atoms with Crippen LogP contribution < -0.4 is 5.32 Å². The summed E-state index contributed by atoms with van der Waals surface area (Å²) in [7, 11) is 0. The molecule has 0 radical (unpaired) electrons. The fraction of sp³-hybridized carbons (Fsp3) is 0.538. The fourth-order valence-corrected chi connectivity index (χ4v) is 5.79. The van der Waals surface area contributed by atoms with Crippen LogP contribution in [0.25, 0.3) is 0 Å². The van der Waals surface area contributed by atoms with Crippen LogP contribution in [0.3, 0.4) is 0 Å². The van der Waals surface area contributed by atoms with Crippen LogP contribution in [0.5, 0.6) is 0 Å². The number of amides is 4. The van der Waals surface area contributed by atoms with Gasteiger partial charge in [-0.15, -0.1) is 0 Å². The monoisotopic (exact) mass is 519 g/mol. The predicted octanol–water partition coefficient (Wildman–Crippen LogP) is 4.11. The van der Waals surface area contributed by atoms with E-state index in [1.54, 1.807) is 25.1 Å². The Bertz CT molecular complexity index is 991. The van der Waals surface area contributed by atoms with Crippen LogP contribution in [0, 0.1) is 11.8 Å². The van der Waals surface area contributed by atoms with Gasteiger partial charge < -0.3 is 10.2 Å². The minimum absolute atomic E-state index is 0.00673. The highest BCUT2D eigenvalue weighted by atomic mass is 35.5. The fourth-order valence-electron chi connectivity index (χ4n) is 5.27. The van der Waals surface area contributed by atoms with E-state index in [0.29, 0.717) is 28.5 Å². The second kappa shape index (κ2) is 11.1. The van der Waals surface area contributed by atoms with Gasteiger partial charge in [0.2, 0.25) is 23.6 Å². The van der Waals surface area contributed by atoms with Crippen LogP contribution in [0.15, 0.2) is 30.4 Å². The van der Waals surface area contributed by atoms with Gasteiger partial charge in [0.1, 0.15) is 6.04 Å². The molecule has 0 bridgehead atoms. The first-order valence-corrected chi connectivity index (χ1v) is 13.1. The zero-order valence-electron chi connectivity index (χ0n) is 19.8. The van der Waals surface area contributed by atoms with Gasteiger partial charge in [-0.2, -0.15) is 0 Å². The van der Waals surface area contributed by atoms with Gasteiger partial charge in [0.15, 0.2) is 0 Å². The normalized spacial score (nSPS) is 22.9. The first-order valence-electron chi connectivity index (χ1n) is 12.3. The van der Waals surface area contributed by atoms with Gasteiger partial charge in [-0.3, -0.25) is 24.1 Å². The number of allylic oxidation sites excluding steroid dienone is 2. The molecule has 1 saturated carbocycles. The number of likely N-dealkylation sites (tertiary alicyclic amines) is 1. The first kappa shape index (κ1) is 25.7. The summed E-state index contributed by atoms with van der Waals surface area (Å²) in [4.78, 5) is 54.7. The Hall–Kier alpha value is -2.38. The van der Waals surface area contributed by atoms with Crippen molar-refractivity contribution < 1.29 is 19.2 Å². The number of nitrogens with one attached hydrogen (secondary N) is 1. The Kier molecular flexibility index (Phi) is 8.17. The van der Waals surface area contributed by atoms with Crippen LogP contribution in [0.1, 0.15) is 57.4 Å². The van der Waals surface area contributed by atoms with Gasteiger partial charge >= 0.3 is 0 Å². The average molecular weight is 520 g/mol. The number of imide groups is 1. The molecule has 0 unspecified atom stereocenters. The molecular formula is C26H31Cl2N3O4. The lowest BCUT2D eigenvalue weighted by Crippen LogP contribution is -2.50. The lowest BCUT2D eigenvalue weighted by molar-refractivity contribution is -0.144. The van der Waals surface area contributed by atoms with Crippen molar-refractivity contribution in [2.45, 2.75) is 70.5 Å². The predicted molar refractivity (Wildman–Crippen MR) is 134 cm³/mol. The van der Waals surface area contributed by atoms with Crippen molar-refractivity contribution in [2.75, 3.05) is 6.54 Å². The molecule has 0 aromatic heterocycles. The van der Waals surface area contributed by atoms with Crippen LogP contribution in [0.2, 0.25) is 10.0 Å². The third-order valence-corrected chi connectivity index (χ3v) is 8.12. The van der Waals surface area contributed by atoms with Crippen LogP contribution in [0.4, 0.5) is 0 Å². The number of rotatable bonds is 8. The summed E-state index contributed by atoms with van der Waals surface area (Å²) in [6.45, 7) is 1.72. The lowest BCUT2D eigenvalue weighted by Gasteiger charge is -2.30. The number of hydrogen-bond acceptors (Lipinski definition) is 4. The van der Waals surface area contributed by atoms with Gasteiger partial charge in [-0.05, 0) is 44.7 Å². The Morgan fingerprint density at radius 3 is 2.20 bits per heavy atom. The molecule has 188 valence electrons. The van der Waals surface area contributed by atoms with Gasteiger partial charge in [-0.25, -0.2) is 0 Å². The van der Waals surface area contributed by atoms with Gasteiger partial charge in [0.25, 0.3) is 0 Å². The zero-order chi connectivity index (χ0) is 25.1. The first-order chi connectivity index (χ1) is 16.8. The number of hydrogen-bond donors (Lipinski definition) is 1. The van der Waals surface area contributed by atoms with Crippen molar-refractivity contribution in [2.24, 2.45) is 11.8 Å². The molecule has 1 N–H and O–H groups in total. The number of nitrogens with zero attached hydrogens (tertiary/aromatic N) is 2. The van der Waals surface area contributed by atoms with Gasteiger partial charge in [-0.1, -0.05) is 54.3 Å². The van der Waals surface area contributed by atoms with E-state index in [1.165, 1.54) is 9.80 Å². The Morgan fingerprint density at radius 2 is 1.63 bits per heavy atom. The molecule has 3 atom stereocenters. The smallest absolute Gasteiger partial charge is 0.242 e. The quantitative estimate of drug-likeness (QED) is 0.413. The SMILES string of the molecule is C[C@@H](C(=O)NC1CCCC1)N(Cc1c(Cl)cccc1Cl)C(=O)CCN1C(=O)[C@H]2CC=CC[C@H]2C1=O. The molecule has 1 aliphatic heterocycles. The minimum Gasteiger partial charge on any atom is -0.352 e. The van der Waals surface area contributed by atoms with E-state index in [1.807, 2.05) is 12.2 Å². The summed E-state index contributed by atoms with van der Waals surface area (Å²) in [6.07, 6.45) is 8.90. The van der Waals surface area contributed by atoms with Gasteiger partial charge in [0.05, 0.1) is 11.8 Å². The summed E-state index contributed by atoms with van der Waals surface area (Å²) in [6, 6.07) is 4.43. The molecule has 4 amide bonds. The summed E-state index contributed by atoms with van der Waals surface area (Å²) >= 11 is 12.7. The van der Waals surface area contributed by atoms with Crippen molar-refractivity contribution in [3.8, 4) is 0 Å². The van der Waals surface area contributed by atoms with Gasteiger partial charge in [0, 0.05) is 41.2 Å². The second-order valence-corrected chi connectivity index (χ2v) is 10.4. The van der Waals surface area contributed by atoms with E-state index < -0.39 is 6.04 Å². The zero-order valence-corrected chi connectivity index (χ0v) is 21.4. The Balaban J connectivity index is 1.48. The van der Waals surface area contributed by atoms with Crippen LogP contribution >= 0.6 is 23.2 Å². The highest BCUT2D eigenvalue weighted by Crippen LogP contribution is 2.35. The molecular weight excluding hydrogens is 489 g/mol. The summed E-state index contributed by atoms with van der Waals surface area (Å²) in [5.74, 6) is -1.69. The molecule has 3 aliphatic rings. The van der Waals surface area contributed by atoms with Crippen molar-refractivity contribution in [1.82, 2.24) is 15.1 Å². The average Bonchev–Trinajstić information content (AvgIpc) is 3.44. The molecule has 2 fully saturated rings. The maximum Gasteiger partial charge on any atom is 0.242 e. The number of benzene rings is 1. The molecule has 7 nitrogen and oxygen atoms in total. The van der Waals surface area contributed by atoms with E-state index in [4.69, 9.17) is 23.2 Å². The minimum atomic E-state index is -0.771. The van der Waals surface area contributed by atoms with Crippen LogP contribution in [-0.2, 0) is 25.7 Å². The molecule has 35 heavy (non-hydrogen) atoms. The van der Waals surface area contributed by atoms with E-state index in [2.05, 4.69) is 5.32 Å². The molecule has 1 aromatic carbocycles. The third-order valence-electron chi connectivity index (χ3n) is 7.41. The van der Waals surface area contributed by atoms with Crippen molar-refractivity contribution in [3.63, 3.8) is 0 Å². The Morgan fingerprint density at radius 1 is 1.06 bits per heavy atom. The maximum absolute atomic E-state index is 13.4. The number of halogens is 2. The highest BCUT2D eigenvalue weighted by Gasteiger charge is 2.47. The lowest BCUT2D eigenvalue weighted by atomic mass is 9.85. The van der Waals surface area contributed by atoms with E-state index in [9.17, 15) is 19.2 Å².